The second-order valence-corrected chi connectivity index (χ2v) is 19.9. The minimum Gasteiger partial charge on any atom is -0.456 e. The molecule has 0 atom stereocenters. The molecule has 2 nitrogen and oxygen atoms in total. The number of anilines is 3. The summed E-state index contributed by atoms with van der Waals surface area (Å²) < 4.78 is 6.51. The summed E-state index contributed by atoms with van der Waals surface area (Å²) in [6.07, 6.45) is 0. The second kappa shape index (κ2) is 12.3. The fraction of sp³-hybridized carbons (Fsp3) is 0.250. The fourth-order valence-corrected chi connectivity index (χ4v) is 9.92. The first-order chi connectivity index (χ1) is 27.5. The quantitative estimate of drug-likeness (QED) is 0.178. The molecule has 10 rings (SSSR count). The van der Waals surface area contributed by atoms with E-state index in [1.54, 1.807) is 0 Å². The Morgan fingerprint density at radius 1 is 0.414 bits per heavy atom. The van der Waals surface area contributed by atoms with E-state index in [1.165, 1.54) is 66.8 Å². The maximum absolute atomic E-state index is 6.51. The zero-order chi connectivity index (χ0) is 40.5. The highest BCUT2D eigenvalue weighted by Crippen LogP contribution is 2.55. The number of fused-ring (bicyclic) bond motifs is 9. The average molecular weight is 756 g/mol. The molecule has 0 fully saturated rings. The van der Waals surface area contributed by atoms with Crippen LogP contribution in [0.5, 0.6) is 0 Å². The van der Waals surface area contributed by atoms with Gasteiger partial charge in [0.25, 0.3) is 0 Å². The molecule has 1 aromatic heterocycles. The van der Waals surface area contributed by atoms with Gasteiger partial charge in [-0.25, -0.2) is 0 Å². The SMILES string of the molecule is CC(C)(C)c1ccc2c(c1)C(C)(C)c1cc(C(C)(C)C)cc(-c3cccc(N(c4ccc5c(c4)C(C)(C)c4ccccc4-5)c4ccc5c(c4)oc4ccccc45)c3)c1-2. The van der Waals surface area contributed by atoms with Crippen LogP contribution in [0.3, 0.4) is 0 Å². The highest BCUT2D eigenvalue weighted by molar-refractivity contribution is 6.06. The first-order valence-corrected chi connectivity index (χ1v) is 20.9. The van der Waals surface area contributed by atoms with Crippen molar-refractivity contribution >= 4 is 39.0 Å². The predicted molar refractivity (Wildman–Crippen MR) is 246 cm³/mol. The highest BCUT2D eigenvalue weighted by atomic mass is 16.3. The molecule has 0 saturated carbocycles. The Morgan fingerprint density at radius 3 is 1.81 bits per heavy atom. The van der Waals surface area contributed by atoms with E-state index < -0.39 is 0 Å². The van der Waals surface area contributed by atoms with E-state index in [-0.39, 0.29) is 21.7 Å². The standard InChI is InChI=1S/C56H53NO/c1-53(2,3)35-22-25-44-47(30-35)56(9,10)49-31-36(54(4,5)6)29-45(52(44)49)34-16-15-17-37(28-34)57(39-24-27-43-42-19-12-14-21-50(42)58-51(43)33-39)38-23-26-41-40-18-11-13-20-46(40)55(7,8)48(41)32-38/h11-33H,1-10H3. The third kappa shape index (κ3) is 5.44. The van der Waals surface area contributed by atoms with E-state index in [4.69, 9.17) is 4.42 Å². The number of hydrogen-bond acceptors (Lipinski definition) is 2. The van der Waals surface area contributed by atoms with Gasteiger partial charge in [-0.15, -0.1) is 0 Å². The van der Waals surface area contributed by atoms with Gasteiger partial charge in [0.15, 0.2) is 0 Å². The summed E-state index contributed by atoms with van der Waals surface area (Å²) in [4.78, 5) is 2.43. The lowest BCUT2D eigenvalue weighted by molar-refractivity contribution is 0.580. The Bertz CT molecular complexity index is 2970. The number of furan rings is 1. The van der Waals surface area contributed by atoms with Gasteiger partial charge in [0.1, 0.15) is 11.2 Å². The summed E-state index contributed by atoms with van der Waals surface area (Å²) in [5.41, 5.74) is 21.0. The summed E-state index contributed by atoms with van der Waals surface area (Å²) >= 11 is 0. The van der Waals surface area contributed by atoms with Crippen molar-refractivity contribution in [2.24, 2.45) is 0 Å². The molecule has 1 heterocycles. The van der Waals surface area contributed by atoms with Crippen molar-refractivity contribution in [2.75, 3.05) is 4.90 Å². The number of nitrogens with zero attached hydrogens (tertiary/aromatic N) is 1. The molecule has 2 aliphatic carbocycles. The van der Waals surface area contributed by atoms with Crippen molar-refractivity contribution in [3.63, 3.8) is 0 Å². The summed E-state index contributed by atoms with van der Waals surface area (Å²) in [5.74, 6) is 0. The van der Waals surface area contributed by atoms with Crippen molar-refractivity contribution in [3.05, 3.63) is 173 Å². The largest absolute Gasteiger partial charge is 0.456 e. The molecule has 0 radical (unpaired) electrons. The molecule has 2 aliphatic rings. The molecule has 58 heavy (non-hydrogen) atoms. The lowest BCUT2D eigenvalue weighted by atomic mass is 9.76. The van der Waals surface area contributed by atoms with Gasteiger partial charge in [-0.1, -0.05) is 154 Å². The van der Waals surface area contributed by atoms with Crippen molar-refractivity contribution in [1.82, 2.24) is 0 Å². The third-order valence-electron chi connectivity index (χ3n) is 13.4. The van der Waals surface area contributed by atoms with Gasteiger partial charge in [0, 0.05) is 44.7 Å². The summed E-state index contributed by atoms with van der Waals surface area (Å²) in [7, 11) is 0. The molecule has 0 bridgehead atoms. The average Bonchev–Trinajstić information content (AvgIpc) is 3.76. The molecular formula is C56H53NO. The Kier molecular flexibility index (Phi) is 7.75. The van der Waals surface area contributed by atoms with Gasteiger partial charge >= 0.3 is 0 Å². The highest BCUT2D eigenvalue weighted by Gasteiger charge is 2.40. The number of rotatable bonds is 4. The molecule has 0 spiro atoms. The van der Waals surface area contributed by atoms with E-state index in [9.17, 15) is 0 Å². The molecule has 2 heteroatoms. The van der Waals surface area contributed by atoms with Crippen molar-refractivity contribution < 1.29 is 4.42 Å². The maximum atomic E-state index is 6.51. The van der Waals surface area contributed by atoms with Crippen LogP contribution in [0.2, 0.25) is 0 Å². The number of para-hydroxylation sites is 1. The molecule has 0 N–H and O–H groups in total. The van der Waals surface area contributed by atoms with Gasteiger partial charge in [-0.2, -0.15) is 0 Å². The Balaban J connectivity index is 1.19. The van der Waals surface area contributed by atoms with Crippen LogP contribution in [0, 0.1) is 0 Å². The zero-order valence-corrected chi connectivity index (χ0v) is 35.6. The number of hydrogen-bond donors (Lipinski definition) is 0. The molecule has 0 amide bonds. The van der Waals surface area contributed by atoms with Crippen LogP contribution in [-0.4, -0.2) is 0 Å². The van der Waals surface area contributed by atoms with Gasteiger partial charge in [-0.05, 0) is 126 Å². The third-order valence-corrected chi connectivity index (χ3v) is 13.4. The van der Waals surface area contributed by atoms with Crippen LogP contribution in [0.4, 0.5) is 17.1 Å². The van der Waals surface area contributed by atoms with Gasteiger partial charge in [0.2, 0.25) is 0 Å². The van der Waals surface area contributed by atoms with Gasteiger partial charge in [0.05, 0.1) is 0 Å². The lowest BCUT2D eigenvalue weighted by Crippen LogP contribution is -2.19. The second-order valence-electron chi connectivity index (χ2n) is 19.9. The van der Waals surface area contributed by atoms with Crippen LogP contribution < -0.4 is 4.90 Å². The van der Waals surface area contributed by atoms with E-state index in [2.05, 4.69) is 208 Å². The minimum atomic E-state index is -0.137. The summed E-state index contributed by atoms with van der Waals surface area (Å²) in [5, 5.41) is 2.27. The monoisotopic (exact) mass is 755 g/mol. The van der Waals surface area contributed by atoms with Crippen molar-refractivity contribution in [2.45, 2.75) is 90.9 Å². The van der Waals surface area contributed by atoms with Crippen LogP contribution in [-0.2, 0) is 21.7 Å². The van der Waals surface area contributed by atoms with Crippen molar-refractivity contribution in [3.8, 4) is 33.4 Å². The van der Waals surface area contributed by atoms with Crippen LogP contribution >= 0.6 is 0 Å². The zero-order valence-electron chi connectivity index (χ0n) is 35.6. The predicted octanol–water partition coefficient (Wildman–Crippen LogP) is 15.9. The Hall–Kier alpha value is -5.86. The van der Waals surface area contributed by atoms with Crippen molar-refractivity contribution in [1.29, 1.82) is 0 Å². The van der Waals surface area contributed by atoms with E-state index in [0.717, 1.165) is 39.0 Å². The molecule has 7 aromatic carbocycles. The normalized spacial score (nSPS) is 15.0. The van der Waals surface area contributed by atoms with Gasteiger partial charge < -0.3 is 9.32 Å². The smallest absolute Gasteiger partial charge is 0.137 e. The van der Waals surface area contributed by atoms with Gasteiger partial charge in [-0.3, -0.25) is 0 Å². The first kappa shape index (κ1) is 36.5. The Labute approximate surface area is 344 Å². The van der Waals surface area contributed by atoms with E-state index in [0.29, 0.717) is 0 Å². The first-order valence-electron chi connectivity index (χ1n) is 20.9. The van der Waals surface area contributed by atoms with Crippen LogP contribution in [0.1, 0.15) is 103 Å². The molecule has 0 aliphatic heterocycles. The molecule has 0 unspecified atom stereocenters. The van der Waals surface area contributed by atoms with Crippen LogP contribution in [0.25, 0.3) is 55.3 Å². The molecule has 0 saturated heterocycles. The van der Waals surface area contributed by atoms with Crippen LogP contribution in [0.15, 0.2) is 144 Å². The lowest BCUT2D eigenvalue weighted by Gasteiger charge is -2.29. The van der Waals surface area contributed by atoms with E-state index >= 15 is 0 Å². The number of benzene rings is 7. The minimum absolute atomic E-state index is 0.0222. The van der Waals surface area contributed by atoms with E-state index in [1.807, 2.05) is 6.07 Å². The molecule has 8 aromatic rings. The maximum Gasteiger partial charge on any atom is 0.137 e. The summed E-state index contributed by atoms with van der Waals surface area (Å²) in [6.45, 7) is 23.5. The molecule has 288 valence electrons. The topological polar surface area (TPSA) is 16.4 Å². The summed E-state index contributed by atoms with van der Waals surface area (Å²) in [6, 6.07) is 52.4. The fourth-order valence-electron chi connectivity index (χ4n) is 9.92. The molecular weight excluding hydrogens is 703 g/mol. The Morgan fingerprint density at radius 2 is 1.02 bits per heavy atom.